The molecule has 254 valence electrons. The van der Waals surface area contributed by atoms with Crippen LogP contribution >= 0.6 is 0 Å². The van der Waals surface area contributed by atoms with Gasteiger partial charge in [-0.15, -0.1) is 0 Å². The molecule has 3 fully saturated rings. The zero-order valence-electron chi connectivity index (χ0n) is 27.4. The molecule has 0 radical (unpaired) electrons. The number of rotatable bonds is 6. The van der Waals surface area contributed by atoms with Crippen LogP contribution in [0.2, 0.25) is 0 Å². The molecule has 1 spiro atoms. The number of benzene rings is 1. The van der Waals surface area contributed by atoms with Crippen molar-refractivity contribution in [3.8, 4) is 0 Å². The van der Waals surface area contributed by atoms with Gasteiger partial charge in [0.05, 0.1) is 43.9 Å². The molecule has 0 bridgehead atoms. The molecular formula is C35H46N4O8. The van der Waals surface area contributed by atoms with Crippen LogP contribution in [-0.4, -0.2) is 138 Å². The van der Waals surface area contributed by atoms with Gasteiger partial charge in [0.2, 0.25) is 17.7 Å². The molecule has 8 atom stereocenters. The summed E-state index contributed by atoms with van der Waals surface area (Å²) in [6.07, 6.45) is 6.17. The van der Waals surface area contributed by atoms with Gasteiger partial charge in [-0.1, -0.05) is 54.6 Å². The Bertz CT molecular complexity index is 1400. The van der Waals surface area contributed by atoms with Gasteiger partial charge in [0.15, 0.2) is 0 Å². The summed E-state index contributed by atoms with van der Waals surface area (Å²) in [4.78, 5) is 63.6. The standard InChI is InChI=1S/C35H46N4O8/c1-23(22-40)39-31-33(43)38(17-16-37-18-20-45-21-19-37)15-9-14-35(31)29(32(39)42)28-26(47-35)12-7-8-13-27(41)36(3)24(2)30(46-34(28)44)25-10-5-4-6-11-25/h4-7,9-12,14,23-24,26,28-31,40H,8,13,15-22H2,1-3H3/b12-7-/t23-,24-,26-,28+,29+,30+,31-,35+/m1/s1. The fourth-order valence-corrected chi connectivity index (χ4v) is 7.72. The molecule has 0 unspecified atom stereocenters. The molecule has 6 rings (SSSR count). The molecule has 3 saturated heterocycles. The second kappa shape index (κ2) is 13.9. The first kappa shape index (κ1) is 33.3. The first-order chi connectivity index (χ1) is 22.7. The van der Waals surface area contributed by atoms with Gasteiger partial charge in [0.25, 0.3) is 0 Å². The first-order valence-corrected chi connectivity index (χ1v) is 16.7. The van der Waals surface area contributed by atoms with Gasteiger partial charge < -0.3 is 34.0 Å². The van der Waals surface area contributed by atoms with E-state index in [1.54, 1.807) is 42.0 Å². The predicted molar refractivity (Wildman–Crippen MR) is 171 cm³/mol. The molecule has 0 aliphatic carbocycles. The number of allylic oxidation sites excluding steroid dienone is 1. The van der Waals surface area contributed by atoms with Crippen molar-refractivity contribution in [2.75, 3.05) is 59.6 Å². The minimum absolute atomic E-state index is 0.0857. The average molecular weight is 651 g/mol. The van der Waals surface area contributed by atoms with E-state index in [1.165, 1.54) is 4.90 Å². The molecular weight excluding hydrogens is 604 g/mol. The number of hydrogen-bond donors (Lipinski definition) is 1. The van der Waals surface area contributed by atoms with E-state index in [-0.39, 0.29) is 24.8 Å². The molecule has 1 aromatic rings. The molecule has 12 heteroatoms. The molecule has 1 aromatic carbocycles. The lowest BCUT2D eigenvalue weighted by Crippen LogP contribution is -2.58. The quantitative estimate of drug-likeness (QED) is 0.356. The lowest BCUT2D eigenvalue weighted by atomic mass is 9.77. The summed E-state index contributed by atoms with van der Waals surface area (Å²) in [6.45, 7) is 7.46. The fourth-order valence-electron chi connectivity index (χ4n) is 7.72. The number of aliphatic hydroxyl groups is 1. The monoisotopic (exact) mass is 650 g/mol. The maximum atomic E-state index is 14.5. The van der Waals surface area contributed by atoms with Gasteiger partial charge >= 0.3 is 5.97 Å². The SMILES string of the molecule is C[C@@H]1[C@@H](c2ccccc2)OC(=O)[C@@H]2[C@H]3C(=O)N([C@H](C)CO)[C@@H]4C(=O)N(CCN5CCOCC5)CC=C[C@]34O[C@@H]2/C=C\CCC(=O)N1C. The van der Waals surface area contributed by atoms with Gasteiger partial charge in [-0.05, 0) is 25.8 Å². The van der Waals surface area contributed by atoms with Crippen LogP contribution in [-0.2, 0) is 33.4 Å². The topological polar surface area (TPSA) is 129 Å². The Balaban J connectivity index is 1.38. The maximum Gasteiger partial charge on any atom is 0.313 e. The van der Waals surface area contributed by atoms with Gasteiger partial charge in [-0.25, -0.2) is 0 Å². The molecule has 0 saturated carbocycles. The van der Waals surface area contributed by atoms with Crippen molar-refractivity contribution in [2.45, 2.75) is 62.6 Å². The Morgan fingerprint density at radius 3 is 2.49 bits per heavy atom. The first-order valence-electron chi connectivity index (χ1n) is 16.7. The van der Waals surface area contributed by atoms with Crippen LogP contribution in [0.3, 0.4) is 0 Å². The third-order valence-electron chi connectivity index (χ3n) is 10.5. The largest absolute Gasteiger partial charge is 0.455 e. The van der Waals surface area contributed by atoms with Crippen LogP contribution in [0, 0.1) is 11.8 Å². The Kier molecular flexibility index (Phi) is 9.84. The van der Waals surface area contributed by atoms with E-state index in [9.17, 15) is 24.3 Å². The molecule has 0 aromatic heterocycles. The van der Waals surface area contributed by atoms with Crippen molar-refractivity contribution < 1.29 is 38.5 Å². The second-order valence-electron chi connectivity index (χ2n) is 13.2. The highest BCUT2D eigenvalue weighted by atomic mass is 16.6. The van der Waals surface area contributed by atoms with E-state index in [0.717, 1.165) is 18.7 Å². The molecule has 47 heavy (non-hydrogen) atoms. The van der Waals surface area contributed by atoms with Crippen LogP contribution in [0.5, 0.6) is 0 Å². The highest BCUT2D eigenvalue weighted by molar-refractivity contribution is 5.99. The van der Waals surface area contributed by atoms with Crippen molar-refractivity contribution in [3.63, 3.8) is 0 Å². The minimum Gasteiger partial charge on any atom is -0.455 e. The van der Waals surface area contributed by atoms with Crippen molar-refractivity contribution >= 4 is 23.7 Å². The Hall–Kier alpha value is -3.58. The number of carbonyl (C=O) groups excluding carboxylic acids is 4. The summed E-state index contributed by atoms with van der Waals surface area (Å²) >= 11 is 0. The highest BCUT2D eigenvalue weighted by Gasteiger charge is 2.72. The second-order valence-corrected chi connectivity index (χ2v) is 13.2. The third kappa shape index (κ3) is 6.12. The van der Waals surface area contributed by atoms with Crippen LogP contribution in [0.1, 0.15) is 38.4 Å². The molecule has 5 aliphatic rings. The number of amides is 3. The van der Waals surface area contributed by atoms with Crippen molar-refractivity contribution in [1.82, 2.24) is 19.6 Å². The van der Waals surface area contributed by atoms with E-state index >= 15 is 0 Å². The zero-order chi connectivity index (χ0) is 33.3. The predicted octanol–water partition coefficient (Wildman–Crippen LogP) is 1.16. The summed E-state index contributed by atoms with van der Waals surface area (Å²) in [6, 6.07) is 6.99. The molecule has 12 nitrogen and oxygen atoms in total. The number of likely N-dealkylation sites (N-methyl/N-ethyl adjacent to an activating group) is 1. The van der Waals surface area contributed by atoms with E-state index in [4.69, 9.17) is 14.2 Å². The minimum atomic E-state index is -1.45. The van der Waals surface area contributed by atoms with Crippen LogP contribution in [0.25, 0.3) is 0 Å². The van der Waals surface area contributed by atoms with Crippen molar-refractivity contribution in [3.05, 3.63) is 60.2 Å². The number of carbonyl (C=O) groups is 4. The molecule has 5 aliphatic heterocycles. The van der Waals surface area contributed by atoms with Crippen LogP contribution in [0.4, 0.5) is 0 Å². The average Bonchev–Trinajstić information content (AvgIpc) is 3.49. The smallest absolute Gasteiger partial charge is 0.313 e. The normalized spacial score (nSPS) is 34.9. The van der Waals surface area contributed by atoms with E-state index in [1.807, 2.05) is 43.3 Å². The summed E-state index contributed by atoms with van der Waals surface area (Å²) in [5.74, 6) is -3.55. The Labute approximate surface area is 275 Å². The fraction of sp³-hybridized carbons (Fsp3) is 0.600. The maximum absolute atomic E-state index is 14.5. The third-order valence-corrected chi connectivity index (χ3v) is 10.5. The van der Waals surface area contributed by atoms with Crippen molar-refractivity contribution in [1.29, 1.82) is 0 Å². The number of likely N-dealkylation sites (tertiary alicyclic amines) is 1. The molecule has 3 amide bonds. The van der Waals surface area contributed by atoms with Crippen LogP contribution < -0.4 is 0 Å². The number of ether oxygens (including phenoxy) is 3. The summed E-state index contributed by atoms with van der Waals surface area (Å²) < 4.78 is 18.5. The lowest BCUT2D eigenvalue weighted by Gasteiger charge is -2.38. The lowest BCUT2D eigenvalue weighted by molar-refractivity contribution is -0.164. The van der Waals surface area contributed by atoms with Gasteiger partial charge in [-0.2, -0.15) is 0 Å². The Morgan fingerprint density at radius 2 is 1.77 bits per heavy atom. The molecule has 5 heterocycles. The summed E-state index contributed by atoms with van der Waals surface area (Å²) in [7, 11) is 1.70. The highest BCUT2D eigenvalue weighted by Crippen LogP contribution is 2.54. The van der Waals surface area contributed by atoms with Gasteiger partial charge in [0, 0.05) is 46.2 Å². The number of aliphatic hydroxyl groups excluding tert-OH is 1. The van der Waals surface area contributed by atoms with Crippen LogP contribution in [0.15, 0.2) is 54.6 Å². The number of nitrogens with zero attached hydrogens (tertiary/aromatic N) is 4. The number of hydrogen-bond acceptors (Lipinski definition) is 9. The van der Waals surface area contributed by atoms with Gasteiger partial charge in [-0.3, -0.25) is 24.1 Å². The number of cyclic esters (lactones) is 1. The zero-order valence-corrected chi connectivity index (χ0v) is 27.4. The van der Waals surface area contributed by atoms with E-state index in [0.29, 0.717) is 39.3 Å². The number of morpholine rings is 1. The number of fused-ring (bicyclic) bond motifs is 2. The van der Waals surface area contributed by atoms with E-state index in [2.05, 4.69) is 4.90 Å². The summed E-state index contributed by atoms with van der Waals surface area (Å²) in [5, 5.41) is 10.3. The Morgan fingerprint density at radius 1 is 1.02 bits per heavy atom. The molecule has 1 N–H and O–H groups in total. The van der Waals surface area contributed by atoms with Gasteiger partial charge in [0.1, 0.15) is 23.7 Å². The van der Waals surface area contributed by atoms with E-state index < -0.39 is 59.6 Å². The summed E-state index contributed by atoms with van der Waals surface area (Å²) in [5.41, 5.74) is -0.734. The number of esters is 1. The van der Waals surface area contributed by atoms with Crippen molar-refractivity contribution in [2.24, 2.45) is 11.8 Å².